The van der Waals surface area contributed by atoms with Crippen LogP contribution in [0.2, 0.25) is 0 Å². The van der Waals surface area contributed by atoms with Crippen LogP contribution in [-0.4, -0.2) is 62.4 Å². The van der Waals surface area contributed by atoms with Crippen LogP contribution in [0.4, 0.5) is 4.79 Å². The number of aliphatic hydroxyl groups excluding tert-OH is 1. The third kappa shape index (κ3) is 4.61. The number of amides is 1. The van der Waals surface area contributed by atoms with E-state index in [4.69, 9.17) is 14.2 Å². The van der Waals surface area contributed by atoms with E-state index in [1.807, 2.05) is 0 Å². The van der Waals surface area contributed by atoms with Crippen LogP contribution in [0.25, 0.3) is 0 Å². The van der Waals surface area contributed by atoms with Crippen LogP contribution in [0.5, 0.6) is 0 Å². The van der Waals surface area contributed by atoms with E-state index < -0.39 is 0 Å². The van der Waals surface area contributed by atoms with E-state index in [0.717, 1.165) is 25.7 Å². The molecule has 1 amide bonds. The number of piperidine rings is 1. The lowest BCUT2D eigenvalue weighted by molar-refractivity contribution is -0.0365. The van der Waals surface area contributed by atoms with Gasteiger partial charge in [0.2, 0.25) is 0 Å². The van der Waals surface area contributed by atoms with Gasteiger partial charge in [-0.3, -0.25) is 4.90 Å². The summed E-state index contributed by atoms with van der Waals surface area (Å²) in [4.78, 5) is 13.7. The average molecular weight is 289 g/mol. The molecule has 1 saturated heterocycles. The summed E-state index contributed by atoms with van der Waals surface area (Å²) in [5.41, 5.74) is 0. The highest BCUT2D eigenvalue weighted by atomic mass is 16.7. The molecule has 3 atom stereocenters. The second kappa shape index (κ2) is 9.15. The topological polar surface area (TPSA) is 68.2 Å². The maximum Gasteiger partial charge on any atom is 0.410 e. The Kier molecular flexibility index (Phi) is 7.87. The summed E-state index contributed by atoms with van der Waals surface area (Å²) in [5, 5.41) is 9.46. The van der Waals surface area contributed by atoms with Crippen LogP contribution in [0.15, 0.2) is 0 Å². The van der Waals surface area contributed by atoms with Crippen LogP contribution in [0, 0.1) is 5.92 Å². The number of aliphatic hydroxyl groups is 1. The predicted octanol–water partition coefficient (Wildman–Crippen LogP) is 1.61. The Labute approximate surface area is 121 Å². The summed E-state index contributed by atoms with van der Waals surface area (Å²) in [6.07, 6.45) is 3.19. The summed E-state index contributed by atoms with van der Waals surface area (Å²) in [5.74, 6) is 0.402. The van der Waals surface area contributed by atoms with Gasteiger partial charge in [0.05, 0.1) is 19.8 Å². The van der Waals surface area contributed by atoms with Gasteiger partial charge in [-0.1, -0.05) is 6.92 Å². The number of carbonyl (C=O) groups is 1. The molecule has 1 rings (SSSR count). The molecule has 1 aliphatic heterocycles. The lowest BCUT2D eigenvalue weighted by atomic mass is 9.85. The van der Waals surface area contributed by atoms with Gasteiger partial charge in [-0.25, -0.2) is 4.79 Å². The summed E-state index contributed by atoms with van der Waals surface area (Å²) in [7, 11) is 2.98. The minimum Gasteiger partial charge on any atom is -0.453 e. The number of ether oxygens (including phenoxy) is 3. The highest BCUT2D eigenvalue weighted by Crippen LogP contribution is 2.31. The van der Waals surface area contributed by atoms with E-state index in [9.17, 15) is 9.90 Å². The zero-order valence-electron chi connectivity index (χ0n) is 12.7. The molecule has 118 valence electrons. The molecule has 0 aromatic carbocycles. The second-order valence-electron chi connectivity index (χ2n) is 5.29. The van der Waals surface area contributed by atoms with Crippen molar-refractivity contribution in [1.29, 1.82) is 0 Å². The lowest BCUT2D eigenvalue weighted by Gasteiger charge is -2.44. The lowest BCUT2D eigenvalue weighted by Crippen LogP contribution is -2.54. The van der Waals surface area contributed by atoms with E-state index in [1.54, 1.807) is 12.0 Å². The van der Waals surface area contributed by atoms with Crippen molar-refractivity contribution >= 4 is 6.09 Å². The molecular weight excluding hydrogens is 262 g/mol. The van der Waals surface area contributed by atoms with Gasteiger partial charge < -0.3 is 19.3 Å². The van der Waals surface area contributed by atoms with Crippen LogP contribution >= 0.6 is 0 Å². The monoisotopic (exact) mass is 289 g/mol. The van der Waals surface area contributed by atoms with Crippen LogP contribution < -0.4 is 0 Å². The minimum atomic E-state index is -0.349. The number of nitrogens with zero attached hydrogens (tertiary/aromatic N) is 1. The molecule has 0 bridgehead atoms. The molecule has 1 aliphatic rings. The van der Waals surface area contributed by atoms with Gasteiger partial charge in [-0.05, 0) is 31.6 Å². The van der Waals surface area contributed by atoms with Gasteiger partial charge in [-0.2, -0.15) is 0 Å². The molecular formula is C14H27NO5. The highest BCUT2D eigenvalue weighted by molar-refractivity contribution is 5.68. The van der Waals surface area contributed by atoms with Crippen molar-refractivity contribution < 1.29 is 24.1 Å². The van der Waals surface area contributed by atoms with Crippen molar-refractivity contribution in [3.05, 3.63) is 0 Å². The fraction of sp³-hybridized carbons (Fsp3) is 0.929. The SMILES string of the molecule is COCOCCC[C@@H]1[C@@H](C)CC[C@H](CO)N1C(=O)OC. The Hall–Kier alpha value is -0.850. The van der Waals surface area contributed by atoms with Crippen LogP contribution in [-0.2, 0) is 14.2 Å². The molecule has 1 heterocycles. The second-order valence-corrected chi connectivity index (χ2v) is 5.29. The largest absolute Gasteiger partial charge is 0.453 e. The maximum absolute atomic E-state index is 12.0. The quantitative estimate of drug-likeness (QED) is 0.570. The predicted molar refractivity (Wildman–Crippen MR) is 74.4 cm³/mol. The van der Waals surface area contributed by atoms with Gasteiger partial charge in [0.15, 0.2) is 0 Å². The Morgan fingerprint density at radius 1 is 1.35 bits per heavy atom. The molecule has 0 aromatic heterocycles. The molecule has 1 fully saturated rings. The molecule has 1 N–H and O–H groups in total. The molecule has 0 aliphatic carbocycles. The average Bonchev–Trinajstić information content (AvgIpc) is 2.47. The van der Waals surface area contributed by atoms with Gasteiger partial charge in [0.1, 0.15) is 6.79 Å². The smallest absolute Gasteiger partial charge is 0.410 e. The van der Waals surface area contributed by atoms with Crippen LogP contribution in [0.1, 0.15) is 32.6 Å². The molecule has 0 spiro atoms. The number of carbonyl (C=O) groups excluding carboxylic acids is 1. The first-order chi connectivity index (χ1) is 9.65. The van der Waals surface area contributed by atoms with Gasteiger partial charge in [0, 0.05) is 19.8 Å². The number of rotatable bonds is 7. The fourth-order valence-electron chi connectivity index (χ4n) is 2.86. The highest BCUT2D eigenvalue weighted by Gasteiger charge is 2.38. The number of likely N-dealkylation sites (tertiary alicyclic amines) is 1. The fourth-order valence-corrected chi connectivity index (χ4v) is 2.86. The van der Waals surface area contributed by atoms with E-state index >= 15 is 0 Å². The van der Waals surface area contributed by atoms with Gasteiger partial charge >= 0.3 is 6.09 Å². The number of methoxy groups -OCH3 is 2. The first kappa shape index (κ1) is 17.2. The molecule has 0 saturated carbocycles. The minimum absolute atomic E-state index is 0.0154. The van der Waals surface area contributed by atoms with Crippen molar-refractivity contribution in [2.75, 3.05) is 34.2 Å². The molecule has 0 unspecified atom stereocenters. The number of hydrogen-bond acceptors (Lipinski definition) is 5. The zero-order chi connectivity index (χ0) is 15.0. The third-order valence-electron chi connectivity index (χ3n) is 3.95. The summed E-state index contributed by atoms with van der Waals surface area (Å²) in [6.45, 7) is 3.03. The van der Waals surface area contributed by atoms with Crippen molar-refractivity contribution in [3.63, 3.8) is 0 Å². The maximum atomic E-state index is 12.0. The van der Waals surface area contributed by atoms with Crippen molar-refractivity contribution in [1.82, 2.24) is 4.90 Å². The Bertz CT molecular complexity index is 287. The van der Waals surface area contributed by atoms with E-state index in [0.29, 0.717) is 19.3 Å². The van der Waals surface area contributed by atoms with Crippen molar-refractivity contribution in [2.45, 2.75) is 44.7 Å². The van der Waals surface area contributed by atoms with Crippen molar-refractivity contribution in [3.8, 4) is 0 Å². The molecule has 20 heavy (non-hydrogen) atoms. The van der Waals surface area contributed by atoms with E-state index in [2.05, 4.69) is 6.92 Å². The van der Waals surface area contributed by atoms with Gasteiger partial charge in [-0.15, -0.1) is 0 Å². The first-order valence-electron chi connectivity index (χ1n) is 7.19. The first-order valence-corrected chi connectivity index (χ1v) is 7.19. The van der Waals surface area contributed by atoms with Gasteiger partial charge in [0.25, 0.3) is 0 Å². The Morgan fingerprint density at radius 2 is 2.10 bits per heavy atom. The van der Waals surface area contributed by atoms with E-state index in [1.165, 1.54) is 7.11 Å². The summed E-state index contributed by atoms with van der Waals surface area (Å²) < 4.78 is 15.0. The summed E-state index contributed by atoms with van der Waals surface area (Å²) >= 11 is 0. The third-order valence-corrected chi connectivity index (χ3v) is 3.95. The van der Waals surface area contributed by atoms with Crippen LogP contribution in [0.3, 0.4) is 0 Å². The molecule has 6 heteroatoms. The van der Waals surface area contributed by atoms with Crippen molar-refractivity contribution in [2.24, 2.45) is 5.92 Å². The Morgan fingerprint density at radius 3 is 2.70 bits per heavy atom. The molecule has 6 nitrogen and oxygen atoms in total. The molecule has 0 aromatic rings. The Balaban J connectivity index is 2.58. The van der Waals surface area contributed by atoms with E-state index in [-0.39, 0.29) is 24.8 Å². The number of hydrogen-bond donors (Lipinski definition) is 1. The zero-order valence-corrected chi connectivity index (χ0v) is 12.7. The molecule has 0 radical (unpaired) electrons. The standard InChI is InChI=1S/C14H27NO5/c1-11-6-7-12(9-16)15(14(17)19-3)13(11)5-4-8-20-10-18-2/h11-13,16H,4-10H2,1-3H3/t11-,12+,13+/m0/s1. The normalized spacial score (nSPS) is 26.6. The summed E-state index contributed by atoms with van der Waals surface area (Å²) in [6, 6.07) is -0.0389.